The molecule has 1 unspecified atom stereocenters. The van der Waals surface area contributed by atoms with Crippen LogP contribution in [0.2, 0.25) is 0 Å². The molecule has 0 radical (unpaired) electrons. The van der Waals surface area contributed by atoms with Crippen LogP contribution in [0, 0.1) is 0 Å². The average Bonchev–Trinajstić information content (AvgIpc) is 2.33. The van der Waals surface area contributed by atoms with Crippen LogP contribution in [-0.2, 0) is 0 Å². The van der Waals surface area contributed by atoms with Crippen LogP contribution in [0.1, 0.15) is 27.2 Å². The van der Waals surface area contributed by atoms with E-state index < -0.39 is 0 Å². The Labute approximate surface area is 68.6 Å². The van der Waals surface area contributed by atoms with Crippen LogP contribution in [-0.4, -0.2) is 17.7 Å². The molecular weight excluding hydrogens is 138 g/mol. The summed E-state index contributed by atoms with van der Waals surface area (Å²) in [4.78, 5) is 0. The Morgan fingerprint density at radius 2 is 2.18 bits per heavy atom. The molecule has 0 saturated carbocycles. The van der Waals surface area contributed by atoms with Crippen LogP contribution in [0.5, 0.6) is 0 Å². The minimum absolute atomic E-state index is 0.562. The zero-order chi connectivity index (χ0) is 8.48. The third-order valence-corrected chi connectivity index (χ3v) is 2.34. The lowest BCUT2D eigenvalue weighted by molar-refractivity contribution is -0.923. The summed E-state index contributed by atoms with van der Waals surface area (Å²) < 4.78 is 0.781. The fraction of sp³-hybridized carbons (Fsp3) is 0.750. The zero-order valence-corrected chi connectivity index (χ0v) is 7.81. The van der Waals surface area contributed by atoms with Crippen LogP contribution in [0.4, 0.5) is 0 Å². The van der Waals surface area contributed by atoms with Gasteiger partial charge in [0.05, 0.1) is 12.7 Å². The summed E-state index contributed by atoms with van der Waals surface area (Å²) in [6.45, 7) is 6.55. The van der Waals surface area contributed by atoms with Gasteiger partial charge in [0.2, 0.25) is 0 Å². The molecule has 2 N–H and O–H groups in total. The van der Waals surface area contributed by atoms with E-state index in [9.17, 15) is 0 Å². The standard InChI is InChI=1S/C8H18N3/c1-5-8-6-11(4,7(2)3)10-9-8/h6-7,9-10H,5H2,1-4H3/q+1. The maximum absolute atomic E-state index is 3.23. The van der Waals surface area contributed by atoms with E-state index >= 15 is 0 Å². The van der Waals surface area contributed by atoms with Crippen molar-refractivity contribution in [2.24, 2.45) is 0 Å². The van der Waals surface area contributed by atoms with Gasteiger partial charge in [0.1, 0.15) is 12.2 Å². The molecule has 0 aliphatic carbocycles. The molecule has 1 aliphatic rings. The molecule has 3 heteroatoms. The quantitative estimate of drug-likeness (QED) is 0.585. The number of hydrogen-bond donors (Lipinski definition) is 2. The molecule has 0 spiro atoms. The first-order chi connectivity index (χ1) is 5.08. The smallest absolute Gasteiger partial charge is 0.137 e. The molecule has 0 saturated heterocycles. The van der Waals surface area contributed by atoms with E-state index in [2.05, 4.69) is 45.0 Å². The van der Waals surface area contributed by atoms with Crippen molar-refractivity contribution < 1.29 is 4.59 Å². The summed E-state index contributed by atoms with van der Waals surface area (Å²) in [5.74, 6) is 0. The Morgan fingerprint density at radius 1 is 1.55 bits per heavy atom. The van der Waals surface area contributed by atoms with Gasteiger partial charge in [0.15, 0.2) is 0 Å². The van der Waals surface area contributed by atoms with E-state index in [0.29, 0.717) is 6.04 Å². The number of hydrogen-bond acceptors (Lipinski definition) is 2. The van der Waals surface area contributed by atoms with E-state index in [0.717, 1.165) is 11.0 Å². The van der Waals surface area contributed by atoms with Crippen molar-refractivity contribution in [2.45, 2.75) is 33.2 Å². The molecule has 3 nitrogen and oxygen atoms in total. The molecule has 0 bridgehead atoms. The van der Waals surface area contributed by atoms with Crippen molar-refractivity contribution in [3.8, 4) is 0 Å². The SMILES string of the molecule is CCC1=C[N+](C)(C(C)C)NN1. The Kier molecular flexibility index (Phi) is 2.20. The highest BCUT2D eigenvalue weighted by molar-refractivity contribution is 4.95. The highest BCUT2D eigenvalue weighted by atomic mass is 15.8. The molecule has 0 aromatic rings. The Hall–Kier alpha value is -0.540. The molecule has 0 amide bonds. The molecule has 1 atom stereocenters. The highest BCUT2D eigenvalue weighted by Crippen LogP contribution is 2.14. The lowest BCUT2D eigenvalue weighted by atomic mass is 10.3. The van der Waals surface area contributed by atoms with Gasteiger partial charge in [-0.25, -0.2) is 4.59 Å². The van der Waals surface area contributed by atoms with Gasteiger partial charge < -0.3 is 0 Å². The molecule has 0 aromatic heterocycles. The lowest BCUT2D eigenvalue weighted by Crippen LogP contribution is -2.55. The Bertz CT molecular complexity index is 174. The van der Waals surface area contributed by atoms with Gasteiger partial charge in [-0.15, -0.1) is 0 Å². The van der Waals surface area contributed by atoms with Gasteiger partial charge in [0.25, 0.3) is 0 Å². The monoisotopic (exact) mass is 156 g/mol. The van der Waals surface area contributed by atoms with E-state index in [1.54, 1.807) is 0 Å². The second-order valence-corrected chi connectivity index (χ2v) is 3.49. The van der Waals surface area contributed by atoms with Crippen molar-refractivity contribution in [1.82, 2.24) is 11.0 Å². The van der Waals surface area contributed by atoms with Gasteiger partial charge in [0, 0.05) is 0 Å². The second-order valence-electron chi connectivity index (χ2n) is 3.49. The first-order valence-electron chi connectivity index (χ1n) is 4.19. The predicted octanol–water partition coefficient (Wildman–Crippen LogP) is 1.12. The maximum atomic E-state index is 3.23. The first-order valence-corrected chi connectivity index (χ1v) is 4.19. The topological polar surface area (TPSA) is 24.1 Å². The van der Waals surface area contributed by atoms with E-state index in [1.165, 1.54) is 5.70 Å². The summed E-state index contributed by atoms with van der Waals surface area (Å²) in [5.41, 5.74) is 7.67. The molecule has 11 heavy (non-hydrogen) atoms. The number of nitrogens with one attached hydrogen (secondary N) is 2. The van der Waals surface area contributed by atoms with Crippen LogP contribution >= 0.6 is 0 Å². The van der Waals surface area contributed by atoms with Gasteiger partial charge in [-0.3, -0.25) is 5.43 Å². The summed E-state index contributed by atoms with van der Waals surface area (Å²) in [6, 6.07) is 0.562. The molecule has 1 aliphatic heterocycles. The van der Waals surface area contributed by atoms with Crippen LogP contribution in [0.3, 0.4) is 0 Å². The number of nitrogens with zero attached hydrogens (tertiary/aromatic N) is 1. The van der Waals surface area contributed by atoms with E-state index in [4.69, 9.17) is 0 Å². The fourth-order valence-electron chi connectivity index (χ4n) is 1.04. The first kappa shape index (κ1) is 8.56. The van der Waals surface area contributed by atoms with Crippen molar-refractivity contribution in [3.05, 3.63) is 11.9 Å². The molecular formula is C8H18N3+. The number of hydrazine groups is 1. The van der Waals surface area contributed by atoms with Crippen molar-refractivity contribution in [1.29, 1.82) is 0 Å². The minimum atomic E-state index is 0.562. The third kappa shape index (κ3) is 1.54. The van der Waals surface area contributed by atoms with Crippen molar-refractivity contribution in [2.75, 3.05) is 7.05 Å². The van der Waals surface area contributed by atoms with Crippen LogP contribution in [0.15, 0.2) is 11.9 Å². The highest BCUT2D eigenvalue weighted by Gasteiger charge is 2.29. The second kappa shape index (κ2) is 2.83. The molecule has 64 valence electrons. The minimum Gasteiger partial charge on any atom is -0.276 e. The van der Waals surface area contributed by atoms with E-state index in [-0.39, 0.29) is 0 Å². The number of rotatable bonds is 2. The van der Waals surface area contributed by atoms with Crippen molar-refractivity contribution in [3.63, 3.8) is 0 Å². The van der Waals surface area contributed by atoms with Gasteiger partial charge >= 0.3 is 0 Å². The normalized spacial score (nSPS) is 30.5. The third-order valence-electron chi connectivity index (χ3n) is 2.34. The summed E-state index contributed by atoms with van der Waals surface area (Å²) in [5, 5.41) is 0. The van der Waals surface area contributed by atoms with Gasteiger partial charge in [-0.1, -0.05) is 12.5 Å². The van der Waals surface area contributed by atoms with Gasteiger partial charge in [-0.2, -0.15) is 0 Å². The lowest BCUT2D eigenvalue weighted by Gasteiger charge is -2.28. The predicted molar refractivity (Wildman–Crippen MR) is 46.0 cm³/mol. The molecule has 1 rings (SSSR count). The summed E-state index contributed by atoms with van der Waals surface area (Å²) >= 11 is 0. The molecule has 1 heterocycles. The number of allylic oxidation sites excluding steroid dienone is 1. The fourth-order valence-corrected chi connectivity index (χ4v) is 1.04. The van der Waals surface area contributed by atoms with E-state index in [1.807, 2.05) is 0 Å². The molecule has 0 fully saturated rings. The van der Waals surface area contributed by atoms with Crippen LogP contribution < -0.4 is 11.0 Å². The maximum Gasteiger partial charge on any atom is 0.137 e. The Morgan fingerprint density at radius 3 is 2.45 bits per heavy atom. The van der Waals surface area contributed by atoms with Crippen molar-refractivity contribution >= 4 is 0 Å². The summed E-state index contributed by atoms with van der Waals surface area (Å²) in [6.07, 6.45) is 3.29. The largest absolute Gasteiger partial charge is 0.276 e. The van der Waals surface area contributed by atoms with Crippen LogP contribution in [0.25, 0.3) is 0 Å². The molecule has 0 aromatic carbocycles. The summed E-state index contributed by atoms with van der Waals surface area (Å²) in [7, 11) is 2.15. The number of quaternary nitrogens is 1. The Balaban J connectivity index is 2.70. The average molecular weight is 156 g/mol. The zero-order valence-electron chi connectivity index (χ0n) is 7.81. The van der Waals surface area contributed by atoms with Gasteiger partial charge in [-0.05, 0) is 20.3 Å².